The Bertz CT molecular complexity index is 175. The molecule has 1 aliphatic rings. The van der Waals surface area contributed by atoms with E-state index in [9.17, 15) is 0 Å². The van der Waals surface area contributed by atoms with Gasteiger partial charge in [-0.15, -0.1) is 0 Å². The summed E-state index contributed by atoms with van der Waals surface area (Å²) in [7, 11) is 2.20. The van der Waals surface area contributed by atoms with Crippen molar-refractivity contribution in [2.75, 3.05) is 32.1 Å². The highest BCUT2D eigenvalue weighted by atomic mass is 79.9. The van der Waals surface area contributed by atoms with E-state index in [1.54, 1.807) is 0 Å². The largest absolute Gasteiger partial charge is 0.377 e. The molecule has 0 aromatic carbocycles. The molecule has 0 aliphatic heterocycles. The number of hydrogen-bond acceptors (Lipinski definition) is 2. The maximum atomic E-state index is 5.56. The molecule has 2 nitrogen and oxygen atoms in total. The SMILES string of the molecule is CC(C)OCCN(C)CC1(CBr)CCC1. The van der Waals surface area contributed by atoms with Crippen LogP contribution in [0.2, 0.25) is 0 Å². The van der Waals surface area contributed by atoms with Gasteiger partial charge in [0, 0.05) is 18.4 Å². The second kappa shape index (κ2) is 6.21. The summed E-state index contributed by atoms with van der Waals surface area (Å²) in [6.07, 6.45) is 4.52. The first kappa shape index (κ1) is 13.5. The molecule has 0 heterocycles. The van der Waals surface area contributed by atoms with Crippen LogP contribution in [0, 0.1) is 5.41 Å². The van der Waals surface area contributed by atoms with Crippen LogP contribution in [0.25, 0.3) is 0 Å². The van der Waals surface area contributed by atoms with Gasteiger partial charge in [0.15, 0.2) is 0 Å². The molecule has 15 heavy (non-hydrogen) atoms. The molecule has 1 fully saturated rings. The van der Waals surface area contributed by atoms with Crippen LogP contribution in [-0.2, 0) is 4.74 Å². The molecule has 0 saturated heterocycles. The fraction of sp³-hybridized carbons (Fsp3) is 1.00. The zero-order chi connectivity index (χ0) is 11.3. The average molecular weight is 278 g/mol. The lowest BCUT2D eigenvalue weighted by Gasteiger charge is -2.43. The van der Waals surface area contributed by atoms with Gasteiger partial charge < -0.3 is 9.64 Å². The molecule has 3 heteroatoms. The van der Waals surface area contributed by atoms with Crippen molar-refractivity contribution in [2.24, 2.45) is 5.41 Å². The Morgan fingerprint density at radius 3 is 2.47 bits per heavy atom. The molecule has 0 aromatic rings. The third-order valence-corrected chi connectivity index (χ3v) is 4.42. The van der Waals surface area contributed by atoms with Gasteiger partial charge in [0.25, 0.3) is 0 Å². The number of alkyl halides is 1. The lowest BCUT2D eigenvalue weighted by molar-refractivity contribution is 0.0445. The molecule has 0 bridgehead atoms. The van der Waals surface area contributed by atoms with Gasteiger partial charge in [-0.3, -0.25) is 0 Å². The fourth-order valence-electron chi connectivity index (χ4n) is 2.11. The van der Waals surface area contributed by atoms with E-state index in [-0.39, 0.29) is 0 Å². The lowest BCUT2D eigenvalue weighted by atomic mass is 9.70. The van der Waals surface area contributed by atoms with Crippen LogP contribution in [0.3, 0.4) is 0 Å². The van der Waals surface area contributed by atoms with E-state index in [0.717, 1.165) is 18.5 Å². The Morgan fingerprint density at radius 1 is 1.40 bits per heavy atom. The predicted octanol–water partition coefficient (Wildman–Crippen LogP) is 2.91. The second-order valence-corrected chi connectivity index (χ2v) is 5.71. The fourth-order valence-corrected chi connectivity index (χ4v) is 2.84. The Hall–Kier alpha value is 0.400. The molecule has 0 spiro atoms. The Kier molecular flexibility index (Phi) is 5.58. The number of halogens is 1. The van der Waals surface area contributed by atoms with Crippen molar-refractivity contribution in [1.82, 2.24) is 4.90 Å². The van der Waals surface area contributed by atoms with E-state index in [1.165, 1.54) is 25.8 Å². The Balaban J connectivity index is 2.14. The summed E-state index contributed by atoms with van der Waals surface area (Å²) >= 11 is 3.65. The molecule has 0 radical (unpaired) electrons. The molecule has 0 amide bonds. The van der Waals surface area contributed by atoms with E-state index in [1.807, 2.05) is 0 Å². The maximum absolute atomic E-state index is 5.56. The summed E-state index contributed by atoms with van der Waals surface area (Å²) in [5, 5.41) is 1.15. The van der Waals surface area contributed by atoms with Gasteiger partial charge in [-0.1, -0.05) is 22.4 Å². The molecule has 0 N–H and O–H groups in total. The summed E-state index contributed by atoms with van der Waals surface area (Å²) < 4.78 is 5.56. The van der Waals surface area contributed by atoms with Gasteiger partial charge in [0.1, 0.15) is 0 Å². The molecule has 90 valence electrons. The van der Waals surface area contributed by atoms with Gasteiger partial charge in [0.2, 0.25) is 0 Å². The Morgan fingerprint density at radius 2 is 2.07 bits per heavy atom. The average Bonchev–Trinajstić information content (AvgIpc) is 2.11. The highest BCUT2D eigenvalue weighted by Gasteiger charge is 2.36. The number of hydrogen-bond donors (Lipinski definition) is 0. The molecule has 1 aliphatic carbocycles. The molecule has 0 atom stereocenters. The molecule has 1 saturated carbocycles. The zero-order valence-corrected chi connectivity index (χ0v) is 11.8. The van der Waals surface area contributed by atoms with Gasteiger partial charge in [0.05, 0.1) is 12.7 Å². The van der Waals surface area contributed by atoms with Crippen molar-refractivity contribution in [3.8, 4) is 0 Å². The van der Waals surface area contributed by atoms with Crippen LogP contribution >= 0.6 is 15.9 Å². The summed E-state index contributed by atoms with van der Waals surface area (Å²) in [6, 6.07) is 0. The van der Waals surface area contributed by atoms with Crippen LogP contribution < -0.4 is 0 Å². The van der Waals surface area contributed by atoms with E-state index in [0.29, 0.717) is 11.5 Å². The highest BCUT2D eigenvalue weighted by molar-refractivity contribution is 9.09. The number of likely N-dealkylation sites (N-methyl/N-ethyl adjacent to an activating group) is 1. The Labute approximate surface area is 102 Å². The van der Waals surface area contributed by atoms with Gasteiger partial charge >= 0.3 is 0 Å². The van der Waals surface area contributed by atoms with Crippen molar-refractivity contribution in [3.05, 3.63) is 0 Å². The monoisotopic (exact) mass is 277 g/mol. The quantitative estimate of drug-likeness (QED) is 0.664. The second-order valence-electron chi connectivity index (χ2n) is 5.14. The van der Waals surface area contributed by atoms with Crippen LogP contribution in [-0.4, -0.2) is 43.1 Å². The smallest absolute Gasteiger partial charge is 0.0596 e. The van der Waals surface area contributed by atoms with Crippen LogP contribution in [0.15, 0.2) is 0 Å². The number of ether oxygens (including phenoxy) is 1. The molecule has 1 rings (SSSR count). The summed E-state index contributed by atoms with van der Waals surface area (Å²) in [6.45, 7) is 7.29. The van der Waals surface area contributed by atoms with Crippen molar-refractivity contribution < 1.29 is 4.74 Å². The highest BCUT2D eigenvalue weighted by Crippen LogP contribution is 2.42. The minimum Gasteiger partial charge on any atom is -0.377 e. The van der Waals surface area contributed by atoms with Crippen molar-refractivity contribution in [3.63, 3.8) is 0 Å². The summed E-state index contributed by atoms with van der Waals surface area (Å²) in [4.78, 5) is 2.41. The topological polar surface area (TPSA) is 12.5 Å². The summed E-state index contributed by atoms with van der Waals surface area (Å²) in [5.74, 6) is 0. The molecular formula is C12H24BrNO. The van der Waals surface area contributed by atoms with Crippen molar-refractivity contribution >= 4 is 15.9 Å². The zero-order valence-electron chi connectivity index (χ0n) is 10.3. The van der Waals surface area contributed by atoms with E-state index < -0.39 is 0 Å². The standard InChI is InChI=1S/C12H24BrNO/c1-11(2)15-8-7-14(3)10-12(9-13)5-4-6-12/h11H,4-10H2,1-3H3. The van der Waals surface area contributed by atoms with Crippen molar-refractivity contribution in [1.29, 1.82) is 0 Å². The third-order valence-electron chi connectivity index (χ3n) is 3.23. The molecule has 0 unspecified atom stereocenters. The lowest BCUT2D eigenvalue weighted by Crippen LogP contribution is -2.43. The van der Waals surface area contributed by atoms with Crippen LogP contribution in [0.5, 0.6) is 0 Å². The molecular weight excluding hydrogens is 254 g/mol. The van der Waals surface area contributed by atoms with Gasteiger partial charge in [-0.05, 0) is 39.2 Å². The normalized spacial score (nSPS) is 19.6. The number of rotatable bonds is 7. The van der Waals surface area contributed by atoms with Gasteiger partial charge in [-0.2, -0.15) is 0 Å². The summed E-state index contributed by atoms with van der Waals surface area (Å²) in [5.41, 5.74) is 0.562. The minimum absolute atomic E-state index is 0.354. The van der Waals surface area contributed by atoms with Crippen LogP contribution in [0.1, 0.15) is 33.1 Å². The molecule has 0 aromatic heterocycles. The first-order chi connectivity index (χ1) is 7.08. The van der Waals surface area contributed by atoms with Gasteiger partial charge in [-0.25, -0.2) is 0 Å². The first-order valence-corrected chi connectivity index (χ1v) is 7.06. The maximum Gasteiger partial charge on any atom is 0.0596 e. The first-order valence-electron chi connectivity index (χ1n) is 5.94. The predicted molar refractivity (Wildman–Crippen MR) is 68.7 cm³/mol. The van der Waals surface area contributed by atoms with Crippen LogP contribution in [0.4, 0.5) is 0 Å². The van der Waals surface area contributed by atoms with E-state index in [2.05, 4.69) is 41.7 Å². The van der Waals surface area contributed by atoms with E-state index in [4.69, 9.17) is 4.74 Å². The third kappa shape index (κ3) is 4.41. The number of nitrogens with zero attached hydrogens (tertiary/aromatic N) is 1. The minimum atomic E-state index is 0.354. The van der Waals surface area contributed by atoms with Crippen molar-refractivity contribution in [2.45, 2.75) is 39.2 Å². The van der Waals surface area contributed by atoms with E-state index >= 15 is 0 Å².